The van der Waals surface area contributed by atoms with Crippen LogP contribution in [-0.4, -0.2) is 126 Å². The minimum absolute atomic E-state index is 0.0917. The first-order valence-electron chi connectivity index (χ1n) is 35.2. The summed E-state index contributed by atoms with van der Waals surface area (Å²) in [4.78, 5) is 97.7. The monoisotopic (exact) mass is 1460 g/mol. The Morgan fingerprint density at radius 2 is 1.01 bits per heavy atom. The Morgan fingerprint density at radius 1 is 0.574 bits per heavy atom. The fraction of sp³-hybridized carbons (Fsp3) is 0.520. The van der Waals surface area contributed by atoms with E-state index in [0.29, 0.717) is 96.5 Å². The molecule has 10 atom stereocenters. The van der Waals surface area contributed by atoms with Crippen LogP contribution in [0.4, 0.5) is 13.2 Å². The first-order valence-corrected chi connectivity index (χ1v) is 39.8. The third kappa shape index (κ3) is 15.8. The number of thiazole rings is 2. The summed E-state index contributed by atoms with van der Waals surface area (Å²) in [5.41, 5.74) is 0.239. The maximum Gasteiger partial charge on any atom is 0.274 e. The number of fused-ring (bicyclic) bond motifs is 6. The Bertz CT molecular complexity index is 4500. The predicted molar refractivity (Wildman–Crippen MR) is 376 cm³/mol. The van der Waals surface area contributed by atoms with Crippen LogP contribution in [0.2, 0.25) is 0 Å². The number of sulfonamides is 2. The highest BCUT2D eigenvalue weighted by molar-refractivity contribution is 7.92. The van der Waals surface area contributed by atoms with Gasteiger partial charge in [-0.3, -0.25) is 38.2 Å². The van der Waals surface area contributed by atoms with Gasteiger partial charge in [-0.05, 0) is 187 Å². The van der Waals surface area contributed by atoms with Crippen LogP contribution < -0.4 is 23.7 Å². The molecule has 19 nitrogen and oxygen atoms in total. The zero-order chi connectivity index (χ0) is 71.2. The molecule has 26 heteroatoms. The maximum atomic E-state index is 14.5. The van der Waals surface area contributed by atoms with Crippen LogP contribution in [0.1, 0.15) is 153 Å². The zero-order valence-corrected chi connectivity index (χ0v) is 60.1. The highest BCUT2D eigenvalue weighted by Crippen LogP contribution is 2.59. The number of amides is 4. The Hall–Kier alpha value is -7.55. The van der Waals surface area contributed by atoms with Crippen molar-refractivity contribution in [2.75, 3.05) is 20.2 Å². The molecule has 6 heterocycles. The molecule has 0 unspecified atom stereocenters. The summed E-state index contributed by atoms with van der Waals surface area (Å²) < 4.78 is 117. The number of halogens is 3. The molecule has 4 saturated carbocycles. The second kappa shape index (κ2) is 28.9. The van der Waals surface area contributed by atoms with Crippen molar-refractivity contribution in [1.82, 2.24) is 29.2 Å². The van der Waals surface area contributed by atoms with Gasteiger partial charge >= 0.3 is 0 Å². The van der Waals surface area contributed by atoms with Crippen molar-refractivity contribution in [3.8, 4) is 16.1 Å². The molecule has 0 radical (unpaired) electrons. The quantitative estimate of drug-likeness (QED) is 0.0906. The lowest BCUT2D eigenvalue weighted by Crippen LogP contribution is -2.47. The molecule has 538 valence electrons. The van der Waals surface area contributed by atoms with Crippen LogP contribution in [-0.2, 0) is 61.7 Å². The van der Waals surface area contributed by atoms with Crippen LogP contribution in [0.25, 0.3) is 20.4 Å². The van der Waals surface area contributed by atoms with Crippen molar-refractivity contribution in [1.29, 1.82) is 0 Å². The smallest absolute Gasteiger partial charge is 0.274 e. The topological polar surface area (TPSA) is 255 Å². The van der Waals surface area contributed by atoms with E-state index >= 15 is 0 Å². The number of benzene rings is 4. The second-order valence-electron chi connectivity index (χ2n) is 29.6. The van der Waals surface area contributed by atoms with Crippen LogP contribution >= 0.6 is 22.7 Å². The molecule has 0 bridgehead atoms. The van der Waals surface area contributed by atoms with Crippen molar-refractivity contribution in [2.45, 2.75) is 189 Å². The van der Waals surface area contributed by atoms with Gasteiger partial charge in [-0.15, -0.1) is 0 Å². The molecule has 14 rings (SSSR count). The number of allylic oxidation sites excluding steroid dienone is 4. The number of carbonyl (C=O) groups excluding carboxylic acids is 6. The van der Waals surface area contributed by atoms with Crippen LogP contribution in [0, 0.1) is 52.0 Å². The number of ether oxygens (including phenoxy) is 3. The van der Waals surface area contributed by atoms with Gasteiger partial charge in [0.15, 0.2) is 11.6 Å². The van der Waals surface area contributed by atoms with E-state index in [0.717, 1.165) is 61.6 Å². The van der Waals surface area contributed by atoms with Gasteiger partial charge < -0.3 is 24.0 Å². The number of Topliss-reactive ketones (excluding diaryl/α,β-unsaturated/α-hetero) is 2. The maximum absolute atomic E-state index is 14.5. The number of hydrogen-bond donors (Lipinski definition) is 2. The number of nitrogens with one attached hydrogen (secondary N) is 2. The fourth-order valence-corrected chi connectivity index (χ4v) is 19.5. The van der Waals surface area contributed by atoms with Crippen LogP contribution in [0.5, 0.6) is 16.1 Å². The molecule has 101 heavy (non-hydrogen) atoms. The molecule has 2 saturated heterocycles. The highest BCUT2D eigenvalue weighted by Gasteiger charge is 2.64. The van der Waals surface area contributed by atoms with E-state index in [1.54, 1.807) is 55.0 Å². The van der Waals surface area contributed by atoms with Gasteiger partial charge in [0.05, 0.1) is 73.0 Å². The minimum Gasteiger partial charge on any atom is -0.497 e. The molecule has 4 aromatic carbocycles. The van der Waals surface area contributed by atoms with Gasteiger partial charge in [-0.2, -0.15) is 0 Å². The third-order valence-electron chi connectivity index (χ3n) is 22.1. The predicted octanol–water partition coefficient (Wildman–Crippen LogP) is 12.4. The van der Waals surface area contributed by atoms with E-state index < -0.39 is 99.9 Å². The summed E-state index contributed by atoms with van der Waals surface area (Å²) in [7, 11) is -6.25. The van der Waals surface area contributed by atoms with Gasteiger partial charge in [-0.25, -0.2) is 40.0 Å². The number of nitrogens with zero attached hydrogens (tertiary/aromatic N) is 4. The molecule has 4 amide bonds. The Morgan fingerprint density at radius 3 is 1.45 bits per heavy atom. The number of carbonyl (C=O) groups is 6. The Kier molecular flexibility index (Phi) is 20.6. The Labute approximate surface area is 594 Å². The second-order valence-corrected chi connectivity index (χ2v) is 35.9. The molecular weight excluding hydrogens is 1380 g/mol. The number of ketones is 2. The molecule has 6 fully saturated rings. The lowest BCUT2D eigenvalue weighted by atomic mass is 9.90. The van der Waals surface area contributed by atoms with E-state index in [9.17, 15) is 58.8 Å². The molecule has 4 aliphatic carbocycles. The van der Waals surface area contributed by atoms with Crippen molar-refractivity contribution in [3.63, 3.8) is 0 Å². The first-order chi connectivity index (χ1) is 48.2. The molecule has 8 aliphatic rings. The van der Waals surface area contributed by atoms with Crippen LogP contribution in [0.3, 0.4) is 0 Å². The summed E-state index contributed by atoms with van der Waals surface area (Å²) in [6.07, 6.45) is 17.6. The SMILES string of the molecule is CC1(S(=O)(=O)NC(=O)[C@]23CC(=O)[C@@H]4C[C@@H](Oc5nc6ccc(F)cc6s5)CN4C(=O)[C@@H](Cc4cccc(F)c4)CCCCC/C=C\[C@@H]2C3)CC1.COc1ccc2nc(O[C@@H]3C[C@H]4C(=O)C[C@]5(C(=O)NS(=O)(=O)C6(C)CC6)C[C@H]5/C=C\CCCCC[C@H](Cc5cccc(F)c5)C(=O)N4C3)sc2c1. The van der Waals surface area contributed by atoms with Gasteiger partial charge in [0.2, 0.25) is 43.7 Å². The zero-order valence-electron chi connectivity index (χ0n) is 56.8. The fourth-order valence-electron chi connectivity index (χ4n) is 15.0. The largest absolute Gasteiger partial charge is 0.497 e. The molecule has 4 aliphatic heterocycles. The lowest BCUT2D eigenvalue weighted by molar-refractivity contribution is -0.142. The lowest BCUT2D eigenvalue weighted by Gasteiger charge is -2.29. The van der Waals surface area contributed by atoms with Crippen molar-refractivity contribution in [3.05, 3.63) is 138 Å². The summed E-state index contributed by atoms with van der Waals surface area (Å²) in [6.45, 7) is 3.46. The normalized spacial score (nSPS) is 28.8. The number of methoxy groups -OCH3 is 1. The van der Waals surface area contributed by atoms with E-state index in [1.165, 1.54) is 59.1 Å². The van der Waals surface area contributed by atoms with Crippen molar-refractivity contribution in [2.24, 2.45) is 34.5 Å². The van der Waals surface area contributed by atoms with Crippen molar-refractivity contribution < 1.29 is 73.0 Å². The summed E-state index contributed by atoms with van der Waals surface area (Å²) in [6, 6.07) is 20.4. The number of hydrogen-bond acceptors (Lipinski definition) is 17. The van der Waals surface area contributed by atoms with Gasteiger partial charge in [-0.1, -0.05) is 96.9 Å². The van der Waals surface area contributed by atoms with Crippen molar-refractivity contribution >= 4 is 98.3 Å². The van der Waals surface area contributed by atoms with Gasteiger partial charge in [0.1, 0.15) is 35.4 Å². The molecular formula is C75H85F3N6O13S4. The molecule has 2 N–H and O–H groups in total. The number of aromatic nitrogens is 2. The highest BCUT2D eigenvalue weighted by atomic mass is 32.2. The van der Waals surface area contributed by atoms with Gasteiger partial charge in [0.25, 0.3) is 10.4 Å². The number of rotatable bonds is 15. The van der Waals surface area contributed by atoms with Gasteiger partial charge in [0, 0.05) is 37.5 Å². The third-order valence-corrected chi connectivity index (χ3v) is 28.3. The molecule has 0 spiro atoms. The van der Waals surface area contributed by atoms with E-state index in [-0.39, 0.29) is 85.0 Å². The minimum atomic E-state index is -3.93. The Balaban J connectivity index is 0.000000181. The van der Waals surface area contributed by atoms with E-state index in [1.807, 2.05) is 48.6 Å². The van der Waals surface area contributed by atoms with E-state index in [4.69, 9.17) is 14.2 Å². The standard InChI is InChI=1S/C38H44FN3O7S2.C37H41F2N3O6S2/c1-37(15-16-37)51(46,47)41-35(45)38-21-26(38)11-7-5-3-4-6-10-25(17-24-9-8-12-27(39)18-24)34(44)42-23-29(19-31(42)32(43)22-38)49-36-40-30-14-13-28(48-2)20-33(30)50-36;1-36(14-15-36)50(46,47)41-34(45)37-20-25(37)10-6-4-2-3-5-9-24(16-23-8-7-11-26(38)17-23)33(44)42-22-28(19-30(42)31(43)21-37)48-35-40-29-13-12-27(39)18-32(29)49-35/h7-9,11-14,18,20,25-26,29,31H,3-6,10,15-17,19,21-23H2,1-2H3,(H,41,45);6-8,10-13,17-18,24-25,28,30H,2-5,9,14-16,19-22H2,1H3,(H,41,45)/b11-7-;10-6-/t25-,26-,29-,31+,38-;24-,25-,28-,30+,37-/m11/s1. The molecule has 2 aromatic heterocycles. The average molecular weight is 1460 g/mol. The van der Waals surface area contributed by atoms with E-state index in [2.05, 4.69) is 19.4 Å². The summed E-state index contributed by atoms with van der Waals surface area (Å²) in [5.74, 6) is -4.49. The molecule has 6 aromatic rings. The van der Waals surface area contributed by atoms with Crippen LogP contribution in [0.15, 0.2) is 109 Å². The summed E-state index contributed by atoms with van der Waals surface area (Å²) >= 11 is 2.52. The first kappa shape index (κ1) is 71.8. The average Bonchev–Trinajstić information content (AvgIpc) is 1.57. The summed E-state index contributed by atoms with van der Waals surface area (Å²) in [5, 5.41) is 0.695.